The third kappa shape index (κ3) is 2.70. The Balaban J connectivity index is 1.83. The summed E-state index contributed by atoms with van der Waals surface area (Å²) in [5.41, 5.74) is 3.19. The average Bonchev–Trinajstić information content (AvgIpc) is 2.69. The lowest BCUT2D eigenvalue weighted by Gasteiger charge is -2.38. The third-order valence-electron chi connectivity index (χ3n) is 4.28. The SMILES string of the molecule is COc1ccc(N2C(=O)c3ccccc3N[C@H]2c2cccnc2)cc1. The molecule has 1 aliphatic heterocycles. The first-order valence-corrected chi connectivity index (χ1v) is 8.01. The van der Waals surface area contributed by atoms with Crippen LogP contribution < -0.4 is 15.0 Å². The van der Waals surface area contributed by atoms with Crippen molar-refractivity contribution < 1.29 is 9.53 Å². The van der Waals surface area contributed by atoms with Gasteiger partial charge in [-0.1, -0.05) is 18.2 Å². The first kappa shape index (κ1) is 15.2. The summed E-state index contributed by atoms with van der Waals surface area (Å²) in [4.78, 5) is 19.1. The van der Waals surface area contributed by atoms with Crippen LogP contribution in [0.5, 0.6) is 5.75 Å². The van der Waals surface area contributed by atoms with Gasteiger partial charge in [0.25, 0.3) is 5.91 Å². The van der Waals surface area contributed by atoms with Crippen molar-refractivity contribution in [3.8, 4) is 5.75 Å². The molecule has 1 aromatic heterocycles. The maximum absolute atomic E-state index is 13.2. The Morgan fingerprint density at radius 3 is 2.56 bits per heavy atom. The predicted molar refractivity (Wildman–Crippen MR) is 96.8 cm³/mol. The Bertz CT molecular complexity index is 894. The van der Waals surface area contributed by atoms with E-state index in [0.717, 1.165) is 22.7 Å². The molecular weight excluding hydrogens is 314 g/mol. The van der Waals surface area contributed by atoms with E-state index in [-0.39, 0.29) is 12.1 Å². The number of rotatable bonds is 3. The highest BCUT2D eigenvalue weighted by Gasteiger charge is 2.34. The maximum Gasteiger partial charge on any atom is 0.262 e. The molecule has 1 amide bonds. The number of aromatic nitrogens is 1. The average molecular weight is 331 g/mol. The maximum atomic E-state index is 13.2. The topological polar surface area (TPSA) is 54.5 Å². The number of benzene rings is 2. The molecule has 2 heterocycles. The molecule has 25 heavy (non-hydrogen) atoms. The van der Waals surface area contributed by atoms with Gasteiger partial charge in [0.2, 0.25) is 0 Å². The monoisotopic (exact) mass is 331 g/mol. The van der Waals surface area contributed by atoms with E-state index in [0.29, 0.717) is 5.56 Å². The molecule has 0 saturated carbocycles. The molecule has 1 N–H and O–H groups in total. The number of amides is 1. The fourth-order valence-corrected chi connectivity index (χ4v) is 3.03. The summed E-state index contributed by atoms with van der Waals surface area (Å²) in [5.74, 6) is 0.702. The third-order valence-corrected chi connectivity index (χ3v) is 4.28. The minimum atomic E-state index is -0.329. The number of methoxy groups -OCH3 is 1. The van der Waals surface area contributed by atoms with Crippen molar-refractivity contribution in [3.63, 3.8) is 0 Å². The van der Waals surface area contributed by atoms with Crippen LogP contribution >= 0.6 is 0 Å². The Morgan fingerprint density at radius 2 is 1.84 bits per heavy atom. The van der Waals surface area contributed by atoms with E-state index in [9.17, 15) is 4.79 Å². The van der Waals surface area contributed by atoms with Gasteiger partial charge in [0, 0.05) is 29.3 Å². The molecule has 0 spiro atoms. The van der Waals surface area contributed by atoms with Gasteiger partial charge in [-0.3, -0.25) is 14.7 Å². The molecule has 0 saturated heterocycles. The lowest BCUT2D eigenvalue weighted by atomic mass is 10.0. The van der Waals surface area contributed by atoms with Gasteiger partial charge < -0.3 is 10.1 Å². The number of para-hydroxylation sites is 1. The van der Waals surface area contributed by atoms with Gasteiger partial charge in [-0.05, 0) is 42.5 Å². The number of nitrogens with zero attached hydrogens (tertiary/aromatic N) is 2. The fourth-order valence-electron chi connectivity index (χ4n) is 3.03. The summed E-state index contributed by atoms with van der Waals surface area (Å²) >= 11 is 0. The highest BCUT2D eigenvalue weighted by molar-refractivity contribution is 6.12. The highest BCUT2D eigenvalue weighted by atomic mass is 16.5. The Hall–Kier alpha value is -3.34. The number of pyridine rings is 1. The van der Waals surface area contributed by atoms with E-state index in [2.05, 4.69) is 10.3 Å². The zero-order valence-electron chi connectivity index (χ0n) is 13.7. The van der Waals surface area contributed by atoms with Crippen molar-refractivity contribution in [2.24, 2.45) is 0 Å². The van der Waals surface area contributed by atoms with Gasteiger partial charge in [0.1, 0.15) is 11.9 Å². The van der Waals surface area contributed by atoms with Crippen molar-refractivity contribution in [2.45, 2.75) is 6.17 Å². The predicted octanol–water partition coefficient (Wildman–Crippen LogP) is 3.86. The summed E-state index contributed by atoms with van der Waals surface area (Å²) in [5, 5.41) is 3.45. The number of anilines is 2. The molecule has 1 aliphatic rings. The zero-order chi connectivity index (χ0) is 17.2. The van der Waals surface area contributed by atoms with Crippen molar-refractivity contribution in [1.29, 1.82) is 0 Å². The van der Waals surface area contributed by atoms with Crippen LogP contribution in [0, 0.1) is 0 Å². The summed E-state index contributed by atoms with van der Waals surface area (Å²) in [6.45, 7) is 0. The lowest BCUT2D eigenvalue weighted by molar-refractivity contribution is 0.0975. The first-order chi connectivity index (χ1) is 12.3. The largest absolute Gasteiger partial charge is 0.497 e. The van der Waals surface area contributed by atoms with Crippen LogP contribution in [0.4, 0.5) is 11.4 Å². The minimum Gasteiger partial charge on any atom is -0.497 e. The molecule has 0 aliphatic carbocycles. The number of carbonyl (C=O) groups is 1. The number of hydrogen-bond donors (Lipinski definition) is 1. The van der Waals surface area contributed by atoms with Crippen molar-refractivity contribution in [1.82, 2.24) is 4.98 Å². The van der Waals surface area contributed by atoms with Gasteiger partial charge in [-0.25, -0.2) is 0 Å². The van der Waals surface area contributed by atoms with Gasteiger partial charge in [-0.15, -0.1) is 0 Å². The molecule has 5 nitrogen and oxygen atoms in total. The minimum absolute atomic E-state index is 0.0478. The smallest absolute Gasteiger partial charge is 0.262 e. The van der Waals surface area contributed by atoms with Crippen molar-refractivity contribution in [2.75, 3.05) is 17.3 Å². The number of carbonyl (C=O) groups excluding carboxylic acids is 1. The molecule has 3 aromatic rings. The van der Waals surface area contributed by atoms with Gasteiger partial charge in [0.15, 0.2) is 0 Å². The zero-order valence-corrected chi connectivity index (χ0v) is 13.7. The molecule has 1 atom stereocenters. The molecule has 2 aromatic carbocycles. The van der Waals surface area contributed by atoms with E-state index < -0.39 is 0 Å². The summed E-state index contributed by atoms with van der Waals surface area (Å²) < 4.78 is 5.22. The van der Waals surface area contributed by atoms with Crippen LogP contribution in [0.3, 0.4) is 0 Å². The lowest BCUT2D eigenvalue weighted by Crippen LogP contribution is -2.43. The van der Waals surface area contributed by atoms with E-state index >= 15 is 0 Å². The van der Waals surface area contributed by atoms with Crippen molar-refractivity contribution >= 4 is 17.3 Å². The van der Waals surface area contributed by atoms with Crippen molar-refractivity contribution in [3.05, 3.63) is 84.2 Å². The fraction of sp³-hybridized carbons (Fsp3) is 0.100. The summed E-state index contributed by atoms with van der Waals surface area (Å²) in [7, 11) is 1.62. The van der Waals surface area contributed by atoms with Gasteiger partial charge >= 0.3 is 0 Å². The quantitative estimate of drug-likeness (QED) is 0.792. The van der Waals surface area contributed by atoms with Crippen LogP contribution in [-0.4, -0.2) is 18.0 Å². The Kier molecular flexibility index (Phi) is 3.82. The normalized spacial score (nSPS) is 16.1. The van der Waals surface area contributed by atoms with Crippen LogP contribution in [0.2, 0.25) is 0 Å². The molecular formula is C20H17N3O2. The van der Waals surface area contributed by atoms with E-state index in [1.807, 2.05) is 60.7 Å². The second-order valence-electron chi connectivity index (χ2n) is 5.75. The number of fused-ring (bicyclic) bond motifs is 1. The van der Waals surface area contributed by atoms with Crippen LogP contribution in [0.15, 0.2) is 73.1 Å². The standard InChI is InChI=1S/C20H17N3O2/c1-25-16-10-8-15(9-11-16)23-19(14-5-4-12-21-13-14)22-18-7-3-2-6-17(18)20(23)24/h2-13,19,22H,1H3/t19-/m1/s1. The number of hydrogen-bond acceptors (Lipinski definition) is 4. The Morgan fingerprint density at radius 1 is 1.04 bits per heavy atom. The van der Waals surface area contributed by atoms with Crippen LogP contribution in [-0.2, 0) is 0 Å². The molecule has 0 fully saturated rings. The van der Waals surface area contributed by atoms with Crippen LogP contribution in [0.1, 0.15) is 22.1 Å². The first-order valence-electron chi connectivity index (χ1n) is 8.01. The number of nitrogens with one attached hydrogen (secondary N) is 1. The van der Waals surface area contributed by atoms with Gasteiger partial charge in [0.05, 0.1) is 12.7 Å². The van der Waals surface area contributed by atoms with E-state index in [1.165, 1.54) is 0 Å². The highest BCUT2D eigenvalue weighted by Crippen LogP contribution is 2.36. The second kappa shape index (κ2) is 6.28. The van der Waals surface area contributed by atoms with E-state index in [4.69, 9.17) is 4.74 Å². The molecule has 0 radical (unpaired) electrons. The second-order valence-corrected chi connectivity index (χ2v) is 5.75. The van der Waals surface area contributed by atoms with E-state index in [1.54, 1.807) is 24.4 Å². The summed E-state index contributed by atoms with van der Waals surface area (Å²) in [6.07, 6.45) is 3.17. The molecule has 5 heteroatoms. The van der Waals surface area contributed by atoms with Gasteiger partial charge in [-0.2, -0.15) is 0 Å². The Labute approximate surface area is 145 Å². The molecule has 124 valence electrons. The molecule has 0 bridgehead atoms. The summed E-state index contributed by atoms with van der Waals surface area (Å²) in [6, 6.07) is 18.8. The number of ether oxygens (including phenoxy) is 1. The molecule has 4 rings (SSSR count). The molecule has 0 unspecified atom stereocenters. The van der Waals surface area contributed by atoms with Crippen LogP contribution in [0.25, 0.3) is 0 Å².